The molecule has 1 heterocycles. The number of nitrogens with zero attached hydrogens (tertiary/aromatic N) is 1. The minimum atomic E-state index is -3.98. The second kappa shape index (κ2) is 4.96. The summed E-state index contributed by atoms with van der Waals surface area (Å²) in [5.41, 5.74) is 6.35. The van der Waals surface area contributed by atoms with Gasteiger partial charge in [-0.3, -0.25) is 9.59 Å². The maximum Gasteiger partial charge on any atom is 0.269 e. The van der Waals surface area contributed by atoms with Crippen molar-refractivity contribution in [3.8, 4) is 0 Å². The molecule has 22 heavy (non-hydrogen) atoms. The second-order valence-corrected chi connectivity index (χ2v) is 6.69. The van der Waals surface area contributed by atoms with Crippen LogP contribution < -0.4 is 5.73 Å². The van der Waals surface area contributed by atoms with Gasteiger partial charge in [-0.25, -0.2) is 12.7 Å². The van der Waals surface area contributed by atoms with Crippen LogP contribution in [0.3, 0.4) is 0 Å². The van der Waals surface area contributed by atoms with Crippen molar-refractivity contribution in [1.82, 2.24) is 4.31 Å². The third-order valence-corrected chi connectivity index (χ3v) is 5.19. The van der Waals surface area contributed by atoms with Crippen LogP contribution in [0.2, 0.25) is 0 Å². The summed E-state index contributed by atoms with van der Waals surface area (Å²) in [5, 5.41) is 0. The van der Waals surface area contributed by atoms with E-state index < -0.39 is 28.3 Å². The first-order valence-electron chi connectivity index (χ1n) is 6.46. The molecule has 3 rings (SSSR count). The van der Waals surface area contributed by atoms with Crippen molar-refractivity contribution in [2.45, 2.75) is 4.90 Å². The second-order valence-electron chi connectivity index (χ2n) is 4.86. The largest absolute Gasteiger partial charge is 0.399 e. The fourth-order valence-corrected chi connectivity index (χ4v) is 3.85. The van der Waals surface area contributed by atoms with E-state index in [2.05, 4.69) is 0 Å². The number of nitrogens with two attached hydrogens (primary N) is 1. The van der Waals surface area contributed by atoms with E-state index in [4.69, 9.17) is 5.73 Å². The highest BCUT2D eigenvalue weighted by molar-refractivity contribution is 7.90. The van der Waals surface area contributed by atoms with Crippen LogP contribution >= 0.6 is 0 Å². The summed E-state index contributed by atoms with van der Waals surface area (Å²) in [7, 11) is -3.98. The summed E-state index contributed by atoms with van der Waals surface area (Å²) in [4.78, 5) is 24.4. The molecular weight excluding hydrogens is 304 g/mol. The van der Waals surface area contributed by atoms with Crippen LogP contribution in [0.4, 0.5) is 5.69 Å². The highest BCUT2D eigenvalue weighted by Gasteiger charge is 2.41. The van der Waals surface area contributed by atoms with Crippen LogP contribution in [0.25, 0.3) is 0 Å². The number of ketones is 1. The van der Waals surface area contributed by atoms with E-state index in [0.29, 0.717) is 9.99 Å². The van der Waals surface area contributed by atoms with Crippen LogP contribution in [0.1, 0.15) is 20.7 Å². The molecule has 0 unspecified atom stereocenters. The number of carbonyl (C=O) groups excluding carboxylic acids is 2. The Kier molecular flexibility index (Phi) is 3.22. The van der Waals surface area contributed by atoms with E-state index in [9.17, 15) is 18.0 Å². The fourth-order valence-electron chi connectivity index (χ4n) is 2.32. The van der Waals surface area contributed by atoms with Crippen molar-refractivity contribution in [2.75, 3.05) is 12.3 Å². The number of hydrogen-bond donors (Lipinski definition) is 1. The van der Waals surface area contributed by atoms with Gasteiger partial charge >= 0.3 is 0 Å². The molecule has 0 aliphatic carbocycles. The van der Waals surface area contributed by atoms with Gasteiger partial charge in [0.25, 0.3) is 15.9 Å². The zero-order chi connectivity index (χ0) is 15.9. The van der Waals surface area contributed by atoms with Crippen molar-refractivity contribution in [3.63, 3.8) is 0 Å². The molecule has 1 amide bonds. The predicted octanol–water partition coefficient (Wildman–Crippen LogP) is 1.30. The molecular formula is C15H12N2O4S. The summed E-state index contributed by atoms with van der Waals surface area (Å²) >= 11 is 0. The summed E-state index contributed by atoms with van der Waals surface area (Å²) in [6, 6.07) is 12.1. The lowest BCUT2D eigenvalue weighted by Crippen LogP contribution is -2.35. The zero-order valence-corrected chi connectivity index (χ0v) is 12.2. The average Bonchev–Trinajstić information content (AvgIpc) is 2.69. The molecule has 0 bridgehead atoms. The van der Waals surface area contributed by atoms with Gasteiger partial charge in [0.2, 0.25) is 0 Å². The van der Waals surface area contributed by atoms with Crippen LogP contribution in [0.5, 0.6) is 0 Å². The van der Waals surface area contributed by atoms with E-state index in [0.717, 1.165) is 0 Å². The van der Waals surface area contributed by atoms with Gasteiger partial charge in [0.05, 0.1) is 5.56 Å². The molecule has 0 aromatic heterocycles. The number of anilines is 1. The maximum atomic E-state index is 12.4. The molecule has 1 aliphatic heterocycles. The summed E-state index contributed by atoms with van der Waals surface area (Å²) in [6.07, 6.45) is 0. The number of fused-ring (bicyclic) bond motifs is 1. The van der Waals surface area contributed by atoms with Crippen molar-refractivity contribution in [1.29, 1.82) is 0 Å². The van der Waals surface area contributed by atoms with Crippen molar-refractivity contribution in [2.24, 2.45) is 0 Å². The van der Waals surface area contributed by atoms with Crippen molar-refractivity contribution >= 4 is 27.4 Å². The highest BCUT2D eigenvalue weighted by atomic mass is 32.2. The standard InChI is InChI=1S/C15H12N2O4S/c16-11-5-3-4-10(8-11)13(18)9-17-15(19)12-6-1-2-7-14(12)22(17,20)21/h1-8H,9,16H2. The summed E-state index contributed by atoms with van der Waals surface area (Å²) in [5.74, 6) is -1.18. The lowest BCUT2D eigenvalue weighted by molar-refractivity contribution is 0.0820. The molecule has 0 saturated heterocycles. The number of amides is 1. The Morgan fingerprint density at radius 3 is 2.50 bits per heavy atom. The molecule has 0 fully saturated rings. The molecule has 1 aliphatic rings. The zero-order valence-electron chi connectivity index (χ0n) is 11.4. The quantitative estimate of drug-likeness (QED) is 0.680. The average molecular weight is 316 g/mol. The Morgan fingerprint density at radius 2 is 1.82 bits per heavy atom. The lowest BCUT2D eigenvalue weighted by atomic mass is 10.1. The first-order chi connectivity index (χ1) is 10.4. The predicted molar refractivity (Wildman–Crippen MR) is 79.8 cm³/mol. The molecule has 2 aromatic rings. The number of benzene rings is 2. The van der Waals surface area contributed by atoms with Gasteiger partial charge < -0.3 is 5.73 Å². The molecule has 0 saturated carbocycles. The number of rotatable bonds is 3. The first kappa shape index (κ1) is 14.3. The molecule has 2 N–H and O–H groups in total. The number of nitrogen functional groups attached to an aromatic ring is 1. The van der Waals surface area contributed by atoms with Gasteiger partial charge in [-0.15, -0.1) is 0 Å². The molecule has 7 heteroatoms. The smallest absolute Gasteiger partial charge is 0.269 e. The molecule has 2 aromatic carbocycles. The topological polar surface area (TPSA) is 97.5 Å². The van der Waals surface area contributed by atoms with Gasteiger partial charge in [-0.05, 0) is 24.3 Å². The Hall–Kier alpha value is -2.67. The molecule has 0 atom stereocenters. The molecule has 6 nitrogen and oxygen atoms in total. The highest BCUT2D eigenvalue weighted by Crippen LogP contribution is 2.29. The van der Waals surface area contributed by atoms with Gasteiger partial charge in [0.15, 0.2) is 5.78 Å². The van der Waals surface area contributed by atoms with Crippen LogP contribution in [0, 0.1) is 0 Å². The Balaban J connectivity index is 1.94. The summed E-state index contributed by atoms with van der Waals surface area (Å²) in [6.45, 7) is -0.542. The minimum absolute atomic E-state index is 0.0691. The van der Waals surface area contributed by atoms with E-state index in [1.54, 1.807) is 18.2 Å². The third-order valence-electron chi connectivity index (χ3n) is 3.41. The normalized spacial score (nSPS) is 15.6. The molecule has 0 spiro atoms. The number of sulfonamides is 1. The lowest BCUT2D eigenvalue weighted by Gasteiger charge is -2.14. The number of hydrogen-bond acceptors (Lipinski definition) is 5. The summed E-state index contributed by atoms with van der Waals surface area (Å²) < 4.78 is 25.3. The van der Waals surface area contributed by atoms with Gasteiger partial charge in [0.1, 0.15) is 11.4 Å². The van der Waals surface area contributed by atoms with Gasteiger partial charge in [-0.1, -0.05) is 24.3 Å². The third kappa shape index (κ3) is 2.15. The fraction of sp³-hybridized carbons (Fsp3) is 0.0667. The van der Waals surface area contributed by atoms with Crippen molar-refractivity contribution < 1.29 is 18.0 Å². The van der Waals surface area contributed by atoms with Gasteiger partial charge in [-0.2, -0.15) is 0 Å². The van der Waals surface area contributed by atoms with Crippen LogP contribution in [0.15, 0.2) is 53.4 Å². The first-order valence-corrected chi connectivity index (χ1v) is 7.90. The number of Topliss-reactive ketones (excluding diaryl/α,β-unsaturated/α-hetero) is 1. The van der Waals surface area contributed by atoms with E-state index in [1.165, 1.54) is 30.3 Å². The monoisotopic (exact) mass is 316 g/mol. The Bertz CT molecular complexity index is 890. The van der Waals surface area contributed by atoms with E-state index >= 15 is 0 Å². The minimum Gasteiger partial charge on any atom is -0.399 e. The van der Waals surface area contributed by atoms with Gasteiger partial charge in [0, 0.05) is 11.3 Å². The van der Waals surface area contributed by atoms with Crippen LogP contribution in [-0.2, 0) is 10.0 Å². The maximum absolute atomic E-state index is 12.4. The van der Waals surface area contributed by atoms with E-state index in [-0.39, 0.29) is 16.0 Å². The number of carbonyl (C=O) groups is 2. The van der Waals surface area contributed by atoms with Crippen molar-refractivity contribution in [3.05, 3.63) is 59.7 Å². The molecule has 112 valence electrons. The Morgan fingerprint density at radius 1 is 1.09 bits per heavy atom. The van der Waals surface area contributed by atoms with E-state index in [1.807, 2.05) is 0 Å². The SMILES string of the molecule is Nc1cccc(C(=O)CN2C(=O)c3ccccc3S2(=O)=O)c1. The Labute approximate surface area is 127 Å². The molecule has 0 radical (unpaired) electrons. The van der Waals surface area contributed by atoms with Crippen LogP contribution in [-0.4, -0.2) is 31.0 Å².